The van der Waals surface area contributed by atoms with Gasteiger partial charge in [0.1, 0.15) is 0 Å². The lowest BCUT2D eigenvalue weighted by Crippen LogP contribution is -2.29. The summed E-state index contributed by atoms with van der Waals surface area (Å²) >= 11 is 0. The molecule has 1 fully saturated rings. The van der Waals surface area contributed by atoms with Gasteiger partial charge in [-0.25, -0.2) is 17.9 Å². The number of sulfonamides is 1. The molecule has 7 heteroatoms. The molecule has 1 aliphatic heterocycles. The van der Waals surface area contributed by atoms with Crippen LogP contribution in [-0.2, 0) is 14.8 Å². The van der Waals surface area contributed by atoms with Gasteiger partial charge in [-0.05, 0) is 51.0 Å². The van der Waals surface area contributed by atoms with E-state index in [-0.39, 0.29) is 10.5 Å². The summed E-state index contributed by atoms with van der Waals surface area (Å²) in [4.78, 5) is 14.0. The Morgan fingerprint density at radius 2 is 1.95 bits per heavy atom. The smallest absolute Gasteiger partial charge is 0.339 e. The maximum atomic E-state index is 12.3. The Kier molecular flexibility index (Phi) is 5.93. The fraction of sp³-hybridized carbons (Fsp3) is 0.533. The molecule has 1 aromatic carbocycles. The Labute approximate surface area is 131 Å². The lowest BCUT2D eigenvalue weighted by Gasteiger charge is -2.15. The highest BCUT2D eigenvalue weighted by Crippen LogP contribution is 2.16. The molecule has 0 aromatic heterocycles. The molecular weight excluding hydrogens is 304 g/mol. The Hall–Kier alpha value is -1.44. The van der Waals surface area contributed by atoms with Crippen molar-refractivity contribution in [2.24, 2.45) is 0 Å². The standard InChI is InChI=1S/C15H22N2O4S/c1-21-15(18)13-7-2-3-8-14(13)22(19,20)16-9-6-12-17-10-4-5-11-17/h2-3,7-8,16H,4-6,9-12H2,1H3. The third kappa shape index (κ3) is 4.28. The molecule has 0 bridgehead atoms. The average Bonchev–Trinajstić information content (AvgIpc) is 3.04. The van der Waals surface area contributed by atoms with Gasteiger partial charge in [-0.1, -0.05) is 12.1 Å². The van der Waals surface area contributed by atoms with E-state index in [1.165, 1.54) is 32.1 Å². The van der Waals surface area contributed by atoms with Crippen LogP contribution >= 0.6 is 0 Å². The number of carbonyl (C=O) groups excluding carboxylic acids is 1. The Morgan fingerprint density at radius 3 is 2.64 bits per heavy atom. The van der Waals surface area contributed by atoms with Crippen LogP contribution in [0.4, 0.5) is 0 Å². The molecule has 1 aromatic rings. The summed E-state index contributed by atoms with van der Waals surface area (Å²) < 4.78 is 31.9. The molecule has 6 nitrogen and oxygen atoms in total. The van der Waals surface area contributed by atoms with Gasteiger partial charge in [0.25, 0.3) is 0 Å². The number of ether oxygens (including phenoxy) is 1. The molecule has 1 N–H and O–H groups in total. The van der Waals surface area contributed by atoms with E-state index in [4.69, 9.17) is 0 Å². The monoisotopic (exact) mass is 326 g/mol. The van der Waals surface area contributed by atoms with Gasteiger partial charge in [0.2, 0.25) is 10.0 Å². The van der Waals surface area contributed by atoms with E-state index in [1.807, 2.05) is 0 Å². The van der Waals surface area contributed by atoms with Gasteiger partial charge < -0.3 is 9.64 Å². The molecule has 0 radical (unpaired) electrons. The molecule has 0 amide bonds. The summed E-state index contributed by atoms with van der Waals surface area (Å²) in [5.74, 6) is -0.655. The van der Waals surface area contributed by atoms with Gasteiger partial charge >= 0.3 is 5.97 Å². The predicted octanol–water partition coefficient (Wildman–Crippen LogP) is 1.24. The molecule has 1 saturated heterocycles. The summed E-state index contributed by atoms with van der Waals surface area (Å²) in [7, 11) is -2.48. The molecule has 1 aliphatic rings. The summed E-state index contributed by atoms with van der Waals surface area (Å²) in [5.41, 5.74) is 0.0528. The maximum Gasteiger partial charge on any atom is 0.339 e. The SMILES string of the molecule is COC(=O)c1ccccc1S(=O)(=O)NCCCN1CCCC1. The first kappa shape index (κ1) is 16.9. The highest BCUT2D eigenvalue weighted by atomic mass is 32.2. The van der Waals surface area contributed by atoms with Gasteiger partial charge in [-0.15, -0.1) is 0 Å². The number of hydrogen-bond acceptors (Lipinski definition) is 5. The van der Waals surface area contributed by atoms with E-state index in [0.717, 1.165) is 26.1 Å². The van der Waals surface area contributed by atoms with E-state index < -0.39 is 16.0 Å². The Balaban J connectivity index is 1.96. The van der Waals surface area contributed by atoms with Crippen LogP contribution in [0.25, 0.3) is 0 Å². The van der Waals surface area contributed by atoms with Crippen LogP contribution in [0.2, 0.25) is 0 Å². The first-order chi connectivity index (χ1) is 10.5. The summed E-state index contributed by atoms with van der Waals surface area (Å²) in [5, 5.41) is 0. The first-order valence-corrected chi connectivity index (χ1v) is 8.92. The van der Waals surface area contributed by atoms with Crippen LogP contribution in [0.15, 0.2) is 29.2 Å². The zero-order valence-corrected chi connectivity index (χ0v) is 13.6. The third-order valence-corrected chi connectivity index (χ3v) is 5.24. The molecule has 0 aliphatic carbocycles. The second-order valence-corrected chi connectivity index (χ2v) is 7.02. The highest BCUT2D eigenvalue weighted by molar-refractivity contribution is 7.89. The van der Waals surface area contributed by atoms with Gasteiger partial charge in [-0.3, -0.25) is 0 Å². The minimum Gasteiger partial charge on any atom is -0.465 e. The Bertz CT molecular complexity index is 610. The van der Waals surface area contributed by atoms with E-state index >= 15 is 0 Å². The normalized spacial score (nSPS) is 15.9. The van der Waals surface area contributed by atoms with Gasteiger partial charge in [0, 0.05) is 6.54 Å². The second kappa shape index (κ2) is 7.71. The summed E-state index contributed by atoms with van der Waals surface area (Å²) in [6.45, 7) is 3.44. The van der Waals surface area contributed by atoms with Crippen molar-refractivity contribution in [3.63, 3.8) is 0 Å². The Morgan fingerprint density at radius 1 is 1.27 bits per heavy atom. The van der Waals surface area contributed by atoms with Crippen LogP contribution < -0.4 is 4.72 Å². The van der Waals surface area contributed by atoms with Crippen molar-refractivity contribution < 1.29 is 17.9 Å². The second-order valence-electron chi connectivity index (χ2n) is 5.29. The lowest BCUT2D eigenvalue weighted by molar-refractivity contribution is 0.0596. The van der Waals surface area contributed by atoms with E-state index in [1.54, 1.807) is 12.1 Å². The molecule has 122 valence electrons. The van der Waals surface area contributed by atoms with Crippen molar-refractivity contribution in [3.05, 3.63) is 29.8 Å². The van der Waals surface area contributed by atoms with Gasteiger partial charge in [0.05, 0.1) is 17.6 Å². The van der Waals surface area contributed by atoms with E-state index in [2.05, 4.69) is 14.4 Å². The molecular formula is C15H22N2O4S. The van der Waals surface area contributed by atoms with Crippen molar-refractivity contribution in [2.75, 3.05) is 33.3 Å². The van der Waals surface area contributed by atoms with E-state index in [9.17, 15) is 13.2 Å². The molecule has 1 heterocycles. The lowest BCUT2D eigenvalue weighted by atomic mass is 10.2. The first-order valence-electron chi connectivity index (χ1n) is 7.44. The average molecular weight is 326 g/mol. The number of esters is 1. The third-order valence-electron chi connectivity index (χ3n) is 3.72. The van der Waals surface area contributed by atoms with Gasteiger partial charge in [-0.2, -0.15) is 0 Å². The number of nitrogens with one attached hydrogen (secondary N) is 1. The van der Waals surface area contributed by atoms with Gasteiger partial charge in [0.15, 0.2) is 0 Å². The summed E-state index contributed by atoms with van der Waals surface area (Å²) in [6, 6.07) is 6.06. The molecule has 0 spiro atoms. The van der Waals surface area contributed by atoms with Crippen LogP contribution in [-0.4, -0.2) is 52.6 Å². The topological polar surface area (TPSA) is 75.7 Å². The number of hydrogen-bond donors (Lipinski definition) is 1. The fourth-order valence-corrected chi connectivity index (χ4v) is 3.84. The number of benzene rings is 1. The highest BCUT2D eigenvalue weighted by Gasteiger charge is 2.22. The number of likely N-dealkylation sites (tertiary alicyclic amines) is 1. The maximum absolute atomic E-state index is 12.3. The van der Waals surface area contributed by atoms with Crippen molar-refractivity contribution in [3.8, 4) is 0 Å². The molecule has 0 unspecified atom stereocenters. The van der Waals surface area contributed by atoms with Crippen molar-refractivity contribution in [2.45, 2.75) is 24.2 Å². The van der Waals surface area contributed by atoms with Crippen LogP contribution in [0.1, 0.15) is 29.6 Å². The van der Waals surface area contributed by atoms with Crippen LogP contribution in [0.3, 0.4) is 0 Å². The molecule has 0 saturated carbocycles. The summed E-state index contributed by atoms with van der Waals surface area (Å²) in [6.07, 6.45) is 3.19. The van der Waals surface area contributed by atoms with Crippen LogP contribution in [0, 0.1) is 0 Å². The number of rotatable bonds is 7. The van der Waals surface area contributed by atoms with Crippen LogP contribution in [0.5, 0.6) is 0 Å². The number of methoxy groups -OCH3 is 1. The fourth-order valence-electron chi connectivity index (χ4n) is 2.57. The minimum absolute atomic E-state index is 0.0389. The van der Waals surface area contributed by atoms with Crippen molar-refractivity contribution in [1.29, 1.82) is 0 Å². The minimum atomic E-state index is -3.71. The predicted molar refractivity (Wildman–Crippen MR) is 83.3 cm³/mol. The zero-order chi connectivity index (χ0) is 16.0. The molecule has 22 heavy (non-hydrogen) atoms. The number of nitrogens with zero attached hydrogens (tertiary/aromatic N) is 1. The van der Waals surface area contributed by atoms with Crippen molar-refractivity contribution in [1.82, 2.24) is 9.62 Å². The molecule has 0 atom stereocenters. The number of carbonyl (C=O) groups is 1. The van der Waals surface area contributed by atoms with Crippen molar-refractivity contribution >= 4 is 16.0 Å². The largest absolute Gasteiger partial charge is 0.465 e. The molecule has 2 rings (SSSR count). The quantitative estimate of drug-likeness (QED) is 0.603. The zero-order valence-electron chi connectivity index (χ0n) is 12.7. The van der Waals surface area contributed by atoms with E-state index in [0.29, 0.717) is 6.54 Å².